The van der Waals surface area contributed by atoms with Gasteiger partial charge >= 0.3 is 5.69 Å². The van der Waals surface area contributed by atoms with E-state index in [2.05, 4.69) is 42.1 Å². The van der Waals surface area contributed by atoms with E-state index in [1.54, 1.807) is 6.21 Å². The van der Waals surface area contributed by atoms with Crippen LogP contribution in [-0.4, -0.2) is 20.7 Å². The van der Waals surface area contributed by atoms with Crippen LogP contribution in [0.4, 0.5) is 11.5 Å². The molecule has 0 atom stereocenters. The number of pyridine rings is 1. The predicted molar refractivity (Wildman–Crippen MR) is 110 cm³/mol. The molecule has 0 bridgehead atoms. The summed E-state index contributed by atoms with van der Waals surface area (Å²) in [6.45, 7) is 6.08. The molecule has 0 saturated carbocycles. The van der Waals surface area contributed by atoms with Crippen LogP contribution in [0.2, 0.25) is 0 Å². The van der Waals surface area contributed by atoms with Gasteiger partial charge in [-0.25, -0.2) is 4.98 Å². The van der Waals surface area contributed by atoms with E-state index in [0.717, 1.165) is 32.7 Å². The smallest absolute Gasteiger partial charge is 0.313 e. The van der Waals surface area contributed by atoms with E-state index < -0.39 is 4.92 Å². The van der Waals surface area contributed by atoms with Crippen molar-refractivity contribution in [1.82, 2.24) is 9.55 Å². The van der Waals surface area contributed by atoms with Gasteiger partial charge in [0.25, 0.3) is 0 Å². The van der Waals surface area contributed by atoms with Gasteiger partial charge in [-0.05, 0) is 56.7 Å². The predicted octanol–water partition coefficient (Wildman–Crippen LogP) is 4.91. The van der Waals surface area contributed by atoms with Crippen molar-refractivity contribution in [1.29, 1.82) is 0 Å². The lowest BCUT2D eigenvalue weighted by atomic mass is 10.2. The summed E-state index contributed by atoms with van der Waals surface area (Å²) >= 11 is 3.52. The van der Waals surface area contributed by atoms with Crippen LogP contribution in [0.15, 0.2) is 52.2 Å². The molecule has 0 radical (unpaired) electrons. The van der Waals surface area contributed by atoms with Gasteiger partial charge in [-0.3, -0.25) is 15.5 Å². The van der Waals surface area contributed by atoms with Gasteiger partial charge in [0.2, 0.25) is 5.82 Å². The zero-order valence-electron chi connectivity index (χ0n) is 15.1. The van der Waals surface area contributed by atoms with Crippen LogP contribution < -0.4 is 5.43 Å². The van der Waals surface area contributed by atoms with E-state index in [9.17, 15) is 10.1 Å². The first-order valence-electron chi connectivity index (χ1n) is 8.22. The first kappa shape index (κ1) is 18.8. The number of halogens is 1. The molecule has 138 valence electrons. The zero-order chi connectivity index (χ0) is 19.6. The number of aryl methyl sites for hydroxylation is 2. The van der Waals surface area contributed by atoms with Crippen molar-refractivity contribution >= 4 is 33.6 Å². The molecule has 2 heterocycles. The van der Waals surface area contributed by atoms with Crippen LogP contribution in [0.3, 0.4) is 0 Å². The third kappa shape index (κ3) is 3.90. The number of nitrogens with one attached hydrogen (secondary N) is 1. The SMILES string of the molecule is Cc1cc(-n2c(C)cc(/C=N\Nc3ncccc3[N+](=O)[O-])c2C)ccc1Br. The van der Waals surface area contributed by atoms with E-state index in [1.807, 2.05) is 39.0 Å². The fourth-order valence-electron chi connectivity index (χ4n) is 2.88. The maximum Gasteiger partial charge on any atom is 0.313 e. The van der Waals surface area contributed by atoms with Crippen molar-refractivity contribution < 1.29 is 4.92 Å². The standard InChI is InChI=1S/C19H18BrN5O2/c1-12-9-16(6-7-17(12)20)24-13(2)10-15(14(24)3)11-22-23-19-18(25(26)27)5-4-8-21-19/h4-11H,1-3H3,(H,21,23)/b22-11-. The Morgan fingerprint density at radius 3 is 2.74 bits per heavy atom. The molecular weight excluding hydrogens is 410 g/mol. The molecule has 0 spiro atoms. The highest BCUT2D eigenvalue weighted by molar-refractivity contribution is 9.10. The molecule has 0 aliphatic rings. The van der Waals surface area contributed by atoms with Gasteiger partial charge in [0.15, 0.2) is 0 Å². The number of hydrogen-bond donors (Lipinski definition) is 1. The second-order valence-electron chi connectivity index (χ2n) is 6.09. The van der Waals surface area contributed by atoms with Gasteiger partial charge in [-0.15, -0.1) is 0 Å². The molecule has 0 amide bonds. The van der Waals surface area contributed by atoms with Crippen LogP contribution >= 0.6 is 15.9 Å². The van der Waals surface area contributed by atoms with Gasteiger partial charge in [-0.1, -0.05) is 15.9 Å². The first-order valence-corrected chi connectivity index (χ1v) is 9.01. The van der Waals surface area contributed by atoms with Crippen molar-refractivity contribution in [3.05, 3.63) is 79.7 Å². The molecule has 1 aromatic carbocycles. The lowest BCUT2D eigenvalue weighted by molar-refractivity contribution is -0.384. The minimum Gasteiger partial charge on any atom is -0.318 e. The van der Waals surface area contributed by atoms with Crippen molar-refractivity contribution in [3.63, 3.8) is 0 Å². The molecular formula is C19H18BrN5O2. The zero-order valence-corrected chi connectivity index (χ0v) is 16.7. The Balaban J connectivity index is 1.88. The van der Waals surface area contributed by atoms with Crippen molar-refractivity contribution in [3.8, 4) is 5.69 Å². The topological polar surface area (TPSA) is 85.3 Å². The average Bonchev–Trinajstić information content (AvgIpc) is 2.91. The van der Waals surface area contributed by atoms with Crippen LogP contribution in [0, 0.1) is 30.9 Å². The molecule has 0 saturated heterocycles. The third-order valence-corrected chi connectivity index (χ3v) is 5.12. The van der Waals surface area contributed by atoms with E-state index in [1.165, 1.54) is 18.3 Å². The third-order valence-electron chi connectivity index (χ3n) is 4.23. The number of aromatic nitrogens is 2. The molecule has 0 fully saturated rings. The molecule has 27 heavy (non-hydrogen) atoms. The number of anilines is 1. The minimum absolute atomic E-state index is 0.107. The van der Waals surface area contributed by atoms with Gasteiger partial charge in [0.1, 0.15) is 0 Å². The summed E-state index contributed by atoms with van der Waals surface area (Å²) in [5, 5.41) is 15.2. The summed E-state index contributed by atoms with van der Waals surface area (Å²) < 4.78 is 3.21. The lowest BCUT2D eigenvalue weighted by Crippen LogP contribution is -2.01. The molecule has 7 nitrogen and oxygen atoms in total. The van der Waals surface area contributed by atoms with Crippen molar-refractivity contribution in [2.75, 3.05) is 5.43 Å². The highest BCUT2D eigenvalue weighted by atomic mass is 79.9. The van der Waals surface area contributed by atoms with Gasteiger partial charge in [-0.2, -0.15) is 5.10 Å². The highest BCUT2D eigenvalue weighted by Gasteiger charge is 2.13. The summed E-state index contributed by atoms with van der Waals surface area (Å²) in [6, 6.07) is 11.1. The average molecular weight is 428 g/mol. The Bertz CT molecular complexity index is 1040. The minimum atomic E-state index is -0.493. The van der Waals surface area contributed by atoms with Gasteiger partial charge in [0.05, 0.1) is 11.1 Å². The number of nitro groups is 1. The van der Waals surface area contributed by atoms with Gasteiger partial charge in [0, 0.05) is 39.4 Å². The van der Waals surface area contributed by atoms with Crippen molar-refractivity contribution in [2.24, 2.45) is 5.10 Å². The monoisotopic (exact) mass is 427 g/mol. The quantitative estimate of drug-likeness (QED) is 0.355. The number of rotatable bonds is 5. The highest BCUT2D eigenvalue weighted by Crippen LogP contribution is 2.24. The number of benzene rings is 1. The lowest BCUT2D eigenvalue weighted by Gasteiger charge is -2.11. The molecule has 0 unspecified atom stereocenters. The Morgan fingerprint density at radius 1 is 1.26 bits per heavy atom. The summed E-state index contributed by atoms with van der Waals surface area (Å²) in [5.41, 5.74) is 7.77. The van der Waals surface area contributed by atoms with Crippen LogP contribution in [0.25, 0.3) is 5.69 Å². The molecule has 2 aromatic heterocycles. The Kier molecular flexibility index (Phi) is 5.36. The van der Waals surface area contributed by atoms with E-state index in [4.69, 9.17) is 0 Å². The fraction of sp³-hybridized carbons (Fsp3) is 0.158. The van der Waals surface area contributed by atoms with Crippen LogP contribution in [0.1, 0.15) is 22.5 Å². The fourth-order valence-corrected chi connectivity index (χ4v) is 3.12. The summed E-state index contributed by atoms with van der Waals surface area (Å²) in [5.74, 6) is 0.107. The molecule has 1 N–H and O–H groups in total. The Morgan fingerprint density at radius 2 is 2.04 bits per heavy atom. The van der Waals surface area contributed by atoms with E-state index in [-0.39, 0.29) is 11.5 Å². The van der Waals surface area contributed by atoms with Crippen molar-refractivity contribution in [2.45, 2.75) is 20.8 Å². The normalized spacial score (nSPS) is 11.1. The van der Waals surface area contributed by atoms with E-state index in [0.29, 0.717) is 0 Å². The Hall–Kier alpha value is -3.00. The molecule has 3 rings (SSSR count). The maximum atomic E-state index is 11.0. The molecule has 8 heteroatoms. The number of nitrogens with zero attached hydrogens (tertiary/aromatic N) is 4. The summed E-state index contributed by atoms with van der Waals surface area (Å²) in [4.78, 5) is 14.5. The van der Waals surface area contributed by atoms with Gasteiger partial charge < -0.3 is 4.57 Å². The van der Waals surface area contributed by atoms with E-state index >= 15 is 0 Å². The number of hydrogen-bond acceptors (Lipinski definition) is 5. The second kappa shape index (κ2) is 7.71. The number of hydrazone groups is 1. The largest absolute Gasteiger partial charge is 0.318 e. The summed E-state index contributed by atoms with van der Waals surface area (Å²) in [7, 11) is 0. The summed E-state index contributed by atoms with van der Waals surface area (Å²) in [6.07, 6.45) is 3.12. The molecule has 0 aliphatic carbocycles. The van der Waals surface area contributed by atoms with Crippen LogP contribution in [0.5, 0.6) is 0 Å². The second-order valence-corrected chi connectivity index (χ2v) is 6.95. The maximum absolute atomic E-state index is 11.0. The Labute approximate surface area is 165 Å². The van der Waals surface area contributed by atoms with Crippen LogP contribution in [-0.2, 0) is 0 Å². The molecule has 3 aromatic rings. The first-order chi connectivity index (χ1) is 12.9. The molecule has 0 aliphatic heterocycles.